The summed E-state index contributed by atoms with van der Waals surface area (Å²) in [7, 11) is 1.49. The number of nitrogens with one attached hydrogen (secondary N) is 1. The molecular weight excluding hydrogens is 854 g/mol. The lowest BCUT2D eigenvalue weighted by atomic mass is 9.80. The third kappa shape index (κ3) is 13.0. The van der Waals surface area contributed by atoms with Crippen LogP contribution >= 0.6 is 8.53 Å². The molecular formula is C52H67N5O8P. The second-order valence-electron chi connectivity index (χ2n) is 17.4. The molecule has 14 heteroatoms. The zero-order chi connectivity index (χ0) is 47.1. The minimum atomic E-state index is -1.80. The molecule has 1 N–H and O–H groups in total. The zero-order valence-corrected chi connectivity index (χ0v) is 40.6. The molecule has 1 aliphatic heterocycles. The predicted octanol–water partition coefficient (Wildman–Crippen LogP) is 9.86. The molecule has 2 aliphatic rings. The van der Waals surface area contributed by atoms with E-state index in [1.54, 1.807) is 26.5 Å². The Bertz CT molecular complexity index is 2090. The SMILES string of the molecule is COc1ccc(C(OC[C@H]2O[C@@H](n3ccc(NCC(C)C)nc3=O)[C@H](OP(OCCC#N)N(C(C)C)C(C)C)[C@@H]2OCCCC[C]2[CH][CH][CH][CH]2)(c2ccccc2)c2ccc(OC)cc2)cc1. The first-order valence-corrected chi connectivity index (χ1v) is 24.2. The van der Waals surface area contributed by atoms with Crippen LogP contribution in [0.25, 0.3) is 0 Å². The first-order chi connectivity index (χ1) is 32.0. The van der Waals surface area contributed by atoms with Crippen LogP contribution in [0, 0.1) is 48.9 Å². The Morgan fingerprint density at radius 1 is 0.833 bits per heavy atom. The highest BCUT2D eigenvalue weighted by atomic mass is 31.2. The number of hydrogen-bond donors (Lipinski definition) is 1. The Kier molecular flexibility index (Phi) is 19.4. The van der Waals surface area contributed by atoms with Crippen LogP contribution in [0.5, 0.6) is 11.5 Å². The van der Waals surface area contributed by atoms with Crippen molar-refractivity contribution in [3.8, 4) is 17.6 Å². The molecule has 1 unspecified atom stereocenters. The summed E-state index contributed by atoms with van der Waals surface area (Å²) in [6.45, 7) is 13.8. The van der Waals surface area contributed by atoms with Crippen LogP contribution in [-0.2, 0) is 28.9 Å². The van der Waals surface area contributed by atoms with E-state index in [0.717, 1.165) is 36.0 Å². The maximum absolute atomic E-state index is 14.2. The number of benzene rings is 3. The topological polar surface area (TPSA) is 139 Å². The van der Waals surface area contributed by atoms with Crippen molar-refractivity contribution >= 4 is 14.3 Å². The number of methoxy groups -OCH3 is 2. The van der Waals surface area contributed by atoms with Gasteiger partial charge in [-0.1, -0.05) is 74.9 Å². The van der Waals surface area contributed by atoms with Gasteiger partial charge in [0.1, 0.15) is 41.2 Å². The molecule has 1 saturated carbocycles. The predicted molar refractivity (Wildman–Crippen MR) is 258 cm³/mol. The summed E-state index contributed by atoms with van der Waals surface area (Å²) in [5.41, 5.74) is 0.929. The lowest BCUT2D eigenvalue weighted by molar-refractivity contribution is -0.104. The fraction of sp³-hybridized carbons (Fsp3) is 0.462. The molecule has 2 heterocycles. The quantitative estimate of drug-likeness (QED) is 0.0365. The van der Waals surface area contributed by atoms with Crippen LogP contribution in [0.1, 0.15) is 90.1 Å². The molecule has 2 fully saturated rings. The number of aromatic nitrogens is 2. The zero-order valence-electron chi connectivity index (χ0n) is 39.7. The fourth-order valence-corrected chi connectivity index (χ4v) is 10.0. The lowest BCUT2D eigenvalue weighted by Crippen LogP contribution is -2.43. The monoisotopic (exact) mass is 920 g/mol. The number of rotatable bonds is 26. The van der Waals surface area contributed by atoms with Crippen molar-refractivity contribution < 1.29 is 32.7 Å². The Morgan fingerprint density at radius 2 is 1.45 bits per heavy atom. The van der Waals surface area contributed by atoms with Crippen molar-refractivity contribution in [1.29, 1.82) is 5.26 Å². The standard InChI is InChI=1S/C52H67N5O8P/c1-37(2)35-54-47-30-32-56(51(58)55-47)50-49(65-66(63-34-16-31-53)57(38(3)4)39(5)6)48(61-33-15-14-19-40-17-12-13-18-40)46(64-50)36-62-52(41-20-10-9-11-21-41,42-22-26-44(59-7)27-23-42)43-24-28-45(60-8)29-25-43/h9-13,17-18,20-30,32,37-39,46,48-50H,14-16,19,33-36H2,1-8H3,(H,54,55,58)/t46-,48-,49-,50-,66?/m1/s1. The van der Waals surface area contributed by atoms with Gasteiger partial charge in [0, 0.05) is 31.4 Å². The highest BCUT2D eigenvalue weighted by molar-refractivity contribution is 7.44. The number of hydrogen-bond acceptors (Lipinski definition) is 12. The molecule has 0 bridgehead atoms. The first kappa shape index (κ1) is 51.0. The Hall–Kier alpha value is -4.38. The molecule has 4 aromatic rings. The Labute approximate surface area is 394 Å². The molecule has 5 radical (unpaired) electrons. The molecule has 1 saturated heterocycles. The maximum Gasteiger partial charge on any atom is 0.351 e. The van der Waals surface area contributed by atoms with Crippen LogP contribution in [0.15, 0.2) is 95.9 Å². The minimum Gasteiger partial charge on any atom is -0.497 e. The van der Waals surface area contributed by atoms with Gasteiger partial charge in [-0.2, -0.15) is 10.2 Å². The third-order valence-electron chi connectivity index (χ3n) is 11.5. The van der Waals surface area contributed by atoms with E-state index in [9.17, 15) is 10.1 Å². The van der Waals surface area contributed by atoms with Gasteiger partial charge in [0.15, 0.2) is 6.23 Å². The van der Waals surface area contributed by atoms with E-state index in [-0.39, 0.29) is 31.7 Å². The van der Waals surface area contributed by atoms with E-state index in [1.807, 2.05) is 66.7 Å². The summed E-state index contributed by atoms with van der Waals surface area (Å²) in [5.74, 6) is 3.51. The first-order valence-electron chi connectivity index (χ1n) is 23.0. The second-order valence-corrected chi connectivity index (χ2v) is 18.8. The van der Waals surface area contributed by atoms with Crippen molar-refractivity contribution in [2.45, 2.75) is 109 Å². The van der Waals surface area contributed by atoms with E-state index >= 15 is 0 Å². The highest BCUT2D eigenvalue weighted by Gasteiger charge is 2.51. The average Bonchev–Trinajstić information content (AvgIpc) is 3.96. The summed E-state index contributed by atoms with van der Waals surface area (Å²) >= 11 is 0. The van der Waals surface area contributed by atoms with Gasteiger partial charge in [-0.15, -0.1) is 0 Å². The Morgan fingerprint density at radius 3 is 2.02 bits per heavy atom. The summed E-state index contributed by atoms with van der Waals surface area (Å²) < 4.78 is 50.0. The van der Waals surface area contributed by atoms with Gasteiger partial charge in [-0.3, -0.25) is 4.57 Å². The van der Waals surface area contributed by atoms with Crippen LogP contribution in [0.3, 0.4) is 0 Å². The summed E-state index contributed by atoms with van der Waals surface area (Å²) in [4.78, 5) is 18.6. The molecule has 3 aromatic carbocycles. The van der Waals surface area contributed by atoms with Crippen LogP contribution in [0.4, 0.5) is 5.82 Å². The number of nitrogens with zero attached hydrogens (tertiary/aromatic N) is 4. The number of anilines is 1. The van der Waals surface area contributed by atoms with E-state index in [1.165, 1.54) is 10.5 Å². The van der Waals surface area contributed by atoms with Crippen LogP contribution < -0.4 is 20.5 Å². The molecule has 353 valence electrons. The van der Waals surface area contributed by atoms with E-state index < -0.39 is 44.4 Å². The molecule has 5 atom stereocenters. The fourth-order valence-electron chi connectivity index (χ4n) is 8.30. The van der Waals surface area contributed by atoms with Gasteiger partial charge in [0.2, 0.25) is 0 Å². The highest BCUT2D eigenvalue weighted by Crippen LogP contribution is 2.51. The van der Waals surface area contributed by atoms with Gasteiger partial charge < -0.3 is 38.0 Å². The number of unbranched alkanes of at least 4 members (excludes halogenated alkanes) is 1. The van der Waals surface area contributed by atoms with Gasteiger partial charge in [0.05, 0.1) is 39.9 Å². The molecule has 66 heavy (non-hydrogen) atoms. The van der Waals surface area contributed by atoms with Crippen molar-refractivity contribution in [3.63, 3.8) is 0 Å². The number of ether oxygens (including phenoxy) is 5. The second kappa shape index (κ2) is 25.1. The summed E-state index contributed by atoms with van der Waals surface area (Å²) in [5, 5.41) is 12.8. The molecule has 13 nitrogen and oxygen atoms in total. The molecule has 0 spiro atoms. The lowest BCUT2D eigenvalue weighted by Gasteiger charge is -2.38. The average molecular weight is 921 g/mol. The van der Waals surface area contributed by atoms with Crippen molar-refractivity contribution in [3.05, 3.63) is 150 Å². The van der Waals surface area contributed by atoms with Crippen LogP contribution in [0.2, 0.25) is 0 Å². The summed E-state index contributed by atoms with van der Waals surface area (Å²) in [6, 6.07) is 29.9. The van der Waals surface area contributed by atoms with Gasteiger partial charge >= 0.3 is 5.69 Å². The molecule has 0 amide bonds. The van der Waals surface area contributed by atoms with Gasteiger partial charge in [-0.05, 0) is 125 Å². The molecule has 1 aromatic heterocycles. The van der Waals surface area contributed by atoms with Crippen molar-refractivity contribution in [1.82, 2.24) is 14.2 Å². The van der Waals surface area contributed by atoms with E-state index in [4.69, 9.17) is 32.7 Å². The molecule has 1 aliphatic carbocycles. The minimum absolute atomic E-state index is 0.0169. The van der Waals surface area contributed by atoms with E-state index in [0.29, 0.717) is 36.4 Å². The third-order valence-corrected chi connectivity index (χ3v) is 13.6. The van der Waals surface area contributed by atoms with Crippen molar-refractivity contribution in [2.75, 3.05) is 45.9 Å². The maximum atomic E-state index is 14.2. The smallest absolute Gasteiger partial charge is 0.351 e. The normalized spacial score (nSPS) is 19.5. The van der Waals surface area contributed by atoms with Gasteiger partial charge in [-0.25, -0.2) is 9.46 Å². The van der Waals surface area contributed by atoms with Gasteiger partial charge in [0.25, 0.3) is 8.53 Å². The largest absolute Gasteiger partial charge is 0.497 e. The van der Waals surface area contributed by atoms with Crippen LogP contribution in [-0.4, -0.2) is 85.2 Å². The molecule has 6 rings (SSSR count). The van der Waals surface area contributed by atoms with E-state index in [2.05, 4.69) is 100 Å². The van der Waals surface area contributed by atoms with Crippen molar-refractivity contribution in [2.24, 2.45) is 5.92 Å². The summed E-state index contributed by atoms with van der Waals surface area (Å²) in [6.07, 6.45) is 9.49. The Balaban J connectivity index is 1.45. The number of nitriles is 1.